The predicted octanol–water partition coefficient (Wildman–Crippen LogP) is 1.48. The van der Waals surface area contributed by atoms with E-state index in [0.29, 0.717) is 22.4 Å². The van der Waals surface area contributed by atoms with Crippen LogP contribution in [0, 0.1) is 6.92 Å². The Morgan fingerprint density at radius 2 is 1.92 bits per heavy atom. The molecule has 0 aromatic heterocycles. The highest BCUT2D eigenvalue weighted by molar-refractivity contribution is 7.91. The van der Waals surface area contributed by atoms with Gasteiger partial charge in [0.15, 0.2) is 15.4 Å². The topological polar surface area (TPSA) is 88.6 Å². The molecule has 0 aliphatic carbocycles. The molecule has 140 valence electrons. The van der Waals surface area contributed by atoms with Crippen LogP contribution in [0.1, 0.15) is 37.0 Å². The van der Waals surface area contributed by atoms with Crippen molar-refractivity contribution >= 4 is 22.0 Å². The number of carbonyl (C=O) groups is 1. The molecule has 0 saturated carbocycles. The Kier molecular flexibility index (Phi) is 3.35. The molecule has 1 aromatic rings. The third kappa shape index (κ3) is 1.92. The molecule has 3 heterocycles. The highest BCUT2D eigenvalue weighted by atomic mass is 32.2. The maximum Gasteiger partial charge on any atom is 0.306 e. The summed E-state index contributed by atoms with van der Waals surface area (Å²) in [7, 11) is -0.471. The van der Waals surface area contributed by atoms with Gasteiger partial charge < -0.3 is 9.47 Å². The van der Waals surface area contributed by atoms with Crippen LogP contribution in [0.4, 0.5) is 0 Å². The number of hydrogen-bond acceptors (Lipinski definition) is 6. The first-order valence-corrected chi connectivity index (χ1v) is 10.1. The molecule has 0 spiro atoms. The van der Waals surface area contributed by atoms with Gasteiger partial charge in [0.05, 0.1) is 16.9 Å². The van der Waals surface area contributed by atoms with Gasteiger partial charge in [0.25, 0.3) is 5.79 Å². The number of rotatable bonds is 2. The van der Waals surface area contributed by atoms with Gasteiger partial charge in [0.1, 0.15) is 0 Å². The molecular weight excluding hydrogens is 356 g/mol. The molecule has 3 aliphatic heterocycles. The first-order valence-electron chi connectivity index (χ1n) is 8.48. The molecule has 1 aromatic carbocycles. The minimum absolute atomic E-state index is 0.107. The summed E-state index contributed by atoms with van der Waals surface area (Å²) in [5.74, 6) is -1.80. The van der Waals surface area contributed by atoms with E-state index in [0.717, 1.165) is 5.56 Å². The van der Waals surface area contributed by atoms with Crippen molar-refractivity contribution in [3.05, 3.63) is 28.8 Å². The largest absolute Gasteiger partial charge is 0.343 e. The number of ether oxygens (including phenoxy) is 2. The lowest BCUT2D eigenvalue weighted by Gasteiger charge is -2.34. The number of carbonyl (C=O) groups excluding carboxylic acids is 1. The number of nitrogens with zero attached hydrogens (tertiary/aromatic N) is 2. The Bertz CT molecular complexity index is 968. The van der Waals surface area contributed by atoms with Crippen LogP contribution in [0.3, 0.4) is 0 Å². The van der Waals surface area contributed by atoms with Gasteiger partial charge in [-0.05, 0) is 35.4 Å². The number of likely N-dealkylation sites (N-methyl/N-ethyl adjacent to an activating group) is 1. The van der Waals surface area contributed by atoms with Crippen LogP contribution in [0.2, 0.25) is 0 Å². The van der Waals surface area contributed by atoms with Crippen LogP contribution >= 0.6 is 0 Å². The molecular formula is C18H22N2O5S. The normalized spacial score (nSPS) is 33.6. The maximum atomic E-state index is 12.8. The van der Waals surface area contributed by atoms with Gasteiger partial charge in [-0.3, -0.25) is 4.79 Å². The third-order valence-corrected chi connectivity index (χ3v) is 7.76. The highest BCUT2D eigenvalue weighted by Gasteiger charge is 2.79. The smallest absolute Gasteiger partial charge is 0.306 e. The molecule has 0 N–H and O–H groups in total. The van der Waals surface area contributed by atoms with Crippen molar-refractivity contribution in [2.75, 3.05) is 19.9 Å². The minimum Gasteiger partial charge on any atom is -0.343 e. The molecule has 0 bridgehead atoms. The van der Waals surface area contributed by atoms with Gasteiger partial charge in [-0.2, -0.15) is 5.10 Å². The fourth-order valence-electron chi connectivity index (χ4n) is 4.18. The Balaban J connectivity index is 1.97. The summed E-state index contributed by atoms with van der Waals surface area (Å²) in [5, 5.41) is 5.27. The van der Waals surface area contributed by atoms with E-state index in [-0.39, 0.29) is 11.2 Å². The zero-order valence-corrected chi connectivity index (χ0v) is 16.3. The zero-order chi connectivity index (χ0) is 19.1. The van der Waals surface area contributed by atoms with Crippen LogP contribution in [-0.4, -0.2) is 51.2 Å². The van der Waals surface area contributed by atoms with E-state index in [1.807, 2.05) is 26.0 Å². The number of hydrogen-bond donors (Lipinski definition) is 0. The standard InChI is InChI=1S/C18H22N2O5S/c1-11-12(17-10-19-20(4)15(21)18(17,24-5)25-17)6-7-13-14(11)26(22,23)9-8-16(13,2)3/h6-7,10H,8-9H2,1-5H3. The van der Waals surface area contributed by atoms with Crippen molar-refractivity contribution in [1.82, 2.24) is 5.01 Å². The number of methoxy groups -OCH3 is 1. The number of amides is 1. The summed E-state index contributed by atoms with van der Waals surface area (Å²) >= 11 is 0. The molecule has 26 heavy (non-hydrogen) atoms. The van der Waals surface area contributed by atoms with Crippen molar-refractivity contribution in [3.8, 4) is 0 Å². The van der Waals surface area contributed by atoms with Crippen molar-refractivity contribution in [1.29, 1.82) is 0 Å². The second kappa shape index (κ2) is 4.94. The average Bonchev–Trinajstić information content (AvgIpc) is 3.27. The molecule has 2 unspecified atom stereocenters. The molecule has 2 atom stereocenters. The Hall–Kier alpha value is -1.77. The van der Waals surface area contributed by atoms with E-state index in [1.54, 1.807) is 6.92 Å². The minimum atomic E-state index is -3.40. The van der Waals surface area contributed by atoms with Crippen LogP contribution in [-0.2, 0) is 35.1 Å². The van der Waals surface area contributed by atoms with Gasteiger partial charge in [-0.15, -0.1) is 0 Å². The molecule has 1 saturated heterocycles. The van der Waals surface area contributed by atoms with E-state index >= 15 is 0 Å². The lowest BCUT2D eigenvalue weighted by molar-refractivity contribution is -0.153. The second-order valence-corrected chi connectivity index (χ2v) is 9.85. The molecule has 0 radical (unpaired) electrons. The first kappa shape index (κ1) is 17.6. The monoisotopic (exact) mass is 378 g/mol. The second-order valence-electron chi connectivity index (χ2n) is 7.80. The van der Waals surface area contributed by atoms with E-state index in [9.17, 15) is 13.2 Å². The highest BCUT2D eigenvalue weighted by Crippen LogP contribution is 2.59. The predicted molar refractivity (Wildman–Crippen MR) is 94.6 cm³/mol. The van der Waals surface area contributed by atoms with Crippen LogP contribution in [0.5, 0.6) is 0 Å². The summed E-state index contributed by atoms with van der Waals surface area (Å²) in [6.07, 6.45) is 2.10. The van der Waals surface area contributed by atoms with Crippen molar-refractivity contribution in [2.45, 2.75) is 48.9 Å². The number of fused-ring (bicyclic) bond motifs is 2. The molecule has 1 fully saturated rings. The fourth-order valence-corrected chi connectivity index (χ4v) is 6.42. The van der Waals surface area contributed by atoms with Crippen LogP contribution in [0.25, 0.3) is 0 Å². The summed E-state index contributed by atoms with van der Waals surface area (Å²) in [5.41, 5.74) is 0.576. The molecule has 4 rings (SSSR count). The number of benzene rings is 1. The van der Waals surface area contributed by atoms with Crippen molar-refractivity contribution < 1.29 is 22.7 Å². The van der Waals surface area contributed by atoms with Crippen LogP contribution in [0.15, 0.2) is 22.1 Å². The number of sulfone groups is 1. The van der Waals surface area contributed by atoms with Gasteiger partial charge in [-0.25, -0.2) is 13.4 Å². The summed E-state index contributed by atoms with van der Waals surface area (Å²) < 4.78 is 36.9. The first-order chi connectivity index (χ1) is 12.0. The van der Waals surface area contributed by atoms with Gasteiger partial charge in [0.2, 0.25) is 0 Å². The Morgan fingerprint density at radius 3 is 2.58 bits per heavy atom. The van der Waals surface area contributed by atoms with Crippen LogP contribution < -0.4 is 0 Å². The summed E-state index contributed by atoms with van der Waals surface area (Å²) in [4.78, 5) is 12.9. The van der Waals surface area contributed by atoms with E-state index in [2.05, 4.69) is 5.10 Å². The Labute approximate surface area is 152 Å². The Morgan fingerprint density at radius 1 is 1.27 bits per heavy atom. The van der Waals surface area contributed by atoms with Crippen molar-refractivity contribution in [2.24, 2.45) is 5.10 Å². The molecule has 1 amide bonds. The summed E-state index contributed by atoms with van der Waals surface area (Å²) in [6.45, 7) is 5.86. The maximum absolute atomic E-state index is 12.8. The molecule has 3 aliphatic rings. The fraction of sp³-hybridized carbons (Fsp3) is 0.556. The van der Waals surface area contributed by atoms with Gasteiger partial charge >= 0.3 is 5.91 Å². The average molecular weight is 378 g/mol. The van der Waals surface area contributed by atoms with E-state index < -0.39 is 27.1 Å². The third-order valence-electron chi connectivity index (χ3n) is 5.87. The molecule has 8 heteroatoms. The number of epoxide rings is 1. The lowest BCUT2D eigenvalue weighted by Crippen LogP contribution is -2.46. The van der Waals surface area contributed by atoms with Gasteiger partial charge in [-0.1, -0.05) is 26.0 Å². The SMILES string of the molecule is COC12OC1(c1ccc3c(c1C)S(=O)(=O)CCC3(C)C)C=NN(C)C2=O. The molecule has 7 nitrogen and oxygen atoms in total. The zero-order valence-electron chi connectivity index (χ0n) is 15.5. The van der Waals surface area contributed by atoms with Gasteiger partial charge in [0, 0.05) is 14.2 Å². The van der Waals surface area contributed by atoms with E-state index in [1.165, 1.54) is 25.4 Å². The van der Waals surface area contributed by atoms with E-state index in [4.69, 9.17) is 9.47 Å². The quantitative estimate of drug-likeness (QED) is 0.727. The number of hydrazone groups is 1. The lowest BCUT2D eigenvalue weighted by atomic mass is 9.79. The summed E-state index contributed by atoms with van der Waals surface area (Å²) in [6, 6.07) is 3.67. The van der Waals surface area contributed by atoms with Crippen molar-refractivity contribution in [3.63, 3.8) is 0 Å².